The Morgan fingerprint density at radius 1 is 1.14 bits per heavy atom. The van der Waals surface area contributed by atoms with Gasteiger partial charge in [0.15, 0.2) is 11.4 Å². The molecule has 6 nitrogen and oxygen atoms in total. The van der Waals surface area contributed by atoms with Crippen LogP contribution in [0, 0.1) is 11.7 Å². The van der Waals surface area contributed by atoms with E-state index in [0.717, 1.165) is 30.6 Å². The number of carbonyl (C=O) groups excluding carboxylic acids is 2. The number of halogens is 1. The first-order chi connectivity index (χ1) is 13.9. The van der Waals surface area contributed by atoms with Crippen LogP contribution in [0.1, 0.15) is 51.9 Å². The Labute approximate surface area is 168 Å². The van der Waals surface area contributed by atoms with Gasteiger partial charge in [0.2, 0.25) is 0 Å². The van der Waals surface area contributed by atoms with Crippen LogP contribution in [0.25, 0.3) is 0 Å². The number of amides is 2. The number of hydrogen-bond acceptors (Lipinski definition) is 3. The van der Waals surface area contributed by atoms with Gasteiger partial charge in [0.25, 0.3) is 11.8 Å². The zero-order chi connectivity index (χ0) is 20.3. The summed E-state index contributed by atoms with van der Waals surface area (Å²) >= 11 is 0. The van der Waals surface area contributed by atoms with Gasteiger partial charge < -0.3 is 19.5 Å². The molecule has 5 rings (SSSR count). The number of carbonyl (C=O) groups is 2. The molecule has 0 saturated heterocycles. The highest BCUT2D eigenvalue weighted by atomic mass is 19.1. The summed E-state index contributed by atoms with van der Waals surface area (Å²) in [6.45, 7) is 4.19. The van der Waals surface area contributed by atoms with Gasteiger partial charge in [-0.15, -0.1) is 0 Å². The van der Waals surface area contributed by atoms with Crippen LogP contribution in [-0.2, 0) is 19.5 Å². The summed E-state index contributed by atoms with van der Waals surface area (Å²) in [4.78, 5) is 29.8. The van der Waals surface area contributed by atoms with Crippen molar-refractivity contribution in [3.05, 3.63) is 52.6 Å². The molecule has 2 aromatic rings. The molecule has 0 radical (unpaired) electrons. The molecule has 1 fully saturated rings. The minimum atomic E-state index is -0.317. The Hall–Kier alpha value is -2.83. The maximum absolute atomic E-state index is 13.2. The van der Waals surface area contributed by atoms with Crippen molar-refractivity contribution in [1.29, 1.82) is 0 Å². The fourth-order valence-electron chi connectivity index (χ4n) is 4.56. The van der Waals surface area contributed by atoms with E-state index in [9.17, 15) is 19.1 Å². The summed E-state index contributed by atoms with van der Waals surface area (Å²) in [6.07, 6.45) is 2.88. The van der Waals surface area contributed by atoms with Crippen molar-refractivity contribution in [1.82, 2.24) is 14.4 Å². The lowest BCUT2D eigenvalue weighted by Gasteiger charge is -2.35. The molecule has 1 unspecified atom stereocenters. The first-order valence-corrected chi connectivity index (χ1v) is 10.2. The lowest BCUT2D eigenvalue weighted by atomic mass is 10.0. The number of aromatic nitrogens is 1. The average Bonchev–Trinajstić information content (AvgIpc) is 3.47. The highest BCUT2D eigenvalue weighted by molar-refractivity contribution is 6.06. The molecule has 2 amide bonds. The summed E-state index contributed by atoms with van der Waals surface area (Å²) in [5.41, 5.74) is 2.09. The van der Waals surface area contributed by atoms with Crippen molar-refractivity contribution in [2.24, 2.45) is 5.92 Å². The summed E-state index contributed by atoms with van der Waals surface area (Å²) in [5.74, 6) is -0.397. The second-order valence-corrected chi connectivity index (χ2v) is 8.48. The molecule has 1 atom stereocenters. The first-order valence-electron chi connectivity index (χ1n) is 10.2. The molecule has 1 saturated carbocycles. The molecule has 1 aliphatic carbocycles. The molecule has 0 bridgehead atoms. The normalized spacial score (nSPS) is 21.4. The van der Waals surface area contributed by atoms with Crippen LogP contribution in [0.5, 0.6) is 5.75 Å². The number of fused-ring (bicyclic) bond motifs is 3. The predicted octanol–water partition coefficient (Wildman–Crippen LogP) is 2.79. The van der Waals surface area contributed by atoms with Crippen molar-refractivity contribution >= 4 is 11.8 Å². The van der Waals surface area contributed by atoms with Crippen molar-refractivity contribution in [2.75, 3.05) is 13.1 Å². The van der Waals surface area contributed by atoms with Crippen LogP contribution in [0.2, 0.25) is 0 Å². The number of aromatic hydroxyl groups is 1. The van der Waals surface area contributed by atoms with Crippen molar-refractivity contribution in [3.8, 4) is 5.75 Å². The van der Waals surface area contributed by atoms with Crippen LogP contribution in [0.15, 0.2) is 24.3 Å². The predicted molar refractivity (Wildman–Crippen MR) is 104 cm³/mol. The monoisotopic (exact) mass is 397 g/mol. The van der Waals surface area contributed by atoms with Gasteiger partial charge in [-0.25, -0.2) is 4.39 Å². The van der Waals surface area contributed by atoms with Crippen LogP contribution in [0.4, 0.5) is 4.39 Å². The van der Waals surface area contributed by atoms with Gasteiger partial charge in [0, 0.05) is 44.3 Å². The van der Waals surface area contributed by atoms with E-state index in [0.29, 0.717) is 32.0 Å². The topological polar surface area (TPSA) is 65.8 Å². The second-order valence-electron chi connectivity index (χ2n) is 8.48. The largest absolute Gasteiger partial charge is 0.505 e. The molecular weight excluding hydrogens is 373 g/mol. The zero-order valence-corrected chi connectivity index (χ0v) is 16.4. The van der Waals surface area contributed by atoms with Crippen molar-refractivity contribution in [3.63, 3.8) is 0 Å². The van der Waals surface area contributed by atoms with Crippen molar-refractivity contribution in [2.45, 2.75) is 45.3 Å². The number of benzene rings is 1. The van der Waals surface area contributed by atoms with E-state index in [-0.39, 0.29) is 40.7 Å². The Kier molecular flexibility index (Phi) is 4.15. The smallest absolute Gasteiger partial charge is 0.274 e. The van der Waals surface area contributed by atoms with Gasteiger partial charge in [0.05, 0.1) is 0 Å². The molecule has 7 heteroatoms. The SMILES string of the molecule is CC1Cn2c3c(c(O)c2C(=O)N1CC1CC1)C(=O)N(Cc1ccc(F)cc1)CC3. The summed E-state index contributed by atoms with van der Waals surface area (Å²) in [7, 11) is 0. The minimum absolute atomic E-state index is 0.0406. The van der Waals surface area contributed by atoms with Gasteiger partial charge in [0.1, 0.15) is 11.4 Å². The Morgan fingerprint density at radius 2 is 1.86 bits per heavy atom. The van der Waals surface area contributed by atoms with E-state index >= 15 is 0 Å². The van der Waals surface area contributed by atoms with Crippen LogP contribution < -0.4 is 0 Å². The molecule has 1 N–H and O–H groups in total. The lowest BCUT2D eigenvalue weighted by molar-refractivity contribution is 0.0594. The molecule has 3 heterocycles. The Morgan fingerprint density at radius 3 is 2.55 bits per heavy atom. The molecule has 0 spiro atoms. The fourth-order valence-corrected chi connectivity index (χ4v) is 4.56. The standard InChI is InChI=1S/C22H24FN3O3/c1-13-10-26-17-8-9-24(11-14-4-6-16(23)7-5-14)21(28)18(17)20(27)19(26)22(29)25(13)12-15-2-3-15/h4-7,13,15,27H,2-3,8-12H2,1H3. The van der Waals surface area contributed by atoms with Gasteiger partial charge in [-0.1, -0.05) is 12.1 Å². The number of rotatable bonds is 4. The number of nitrogens with zero attached hydrogens (tertiary/aromatic N) is 3. The highest BCUT2D eigenvalue weighted by Crippen LogP contribution is 2.39. The molecule has 1 aromatic heterocycles. The summed E-state index contributed by atoms with van der Waals surface area (Å²) in [6, 6.07) is 6.10. The average molecular weight is 397 g/mol. The molecule has 29 heavy (non-hydrogen) atoms. The van der Waals surface area contributed by atoms with Gasteiger partial charge in [-0.05, 0) is 43.4 Å². The maximum Gasteiger partial charge on any atom is 0.274 e. The van der Waals surface area contributed by atoms with Crippen LogP contribution in [0.3, 0.4) is 0 Å². The molecule has 1 aromatic carbocycles. The van der Waals surface area contributed by atoms with E-state index in [1.165, 1.54) is 12.1 Å². The third-order valence-corrected chi connectivity index (χ3v) is 6.35. The summed E-state index contributed by atoms with van der Waals surface area (Å²) in [5, 5.41) is 10.9. The molecule has 2 aliphatic heterocycles. The maximum atomic E-state index is 13.2. The van der Waals surface area contributed by atoms with Gasteiger partial charge in [-0.3, -0.25) is 9.59 Å². The van der Waals surface area contributed by atoms with E-state index < -0.39 is 0 Å². The first kappa shape index (κ1) is 18.2. The second kappa shape index (κ2) is 6.61. The third-order valence-electron chi connectivity index (χ3n) is 6.35. The van der Waals surface area contributed by atoms with Gasteiger partial charge in [-0.2, -0.15) is 0 Å². The van der Waals surface area contributed by atoms with Crippen molar-refractivity contribution < 1.29 is 19.1 Å². The lowest BCUT2D eigenvalue weighted by Crippen LogP contribution is -2.47. The highest BCUT2D eigenvalue weighted by Gasteiger charge is 2.42. The van der Waals surface area contributed by atoms with E-state index in [4.69, 9.17) is 0 Å². The van der Waals surface area contributed by atoms with E-state index in [2.05, 4.69) is 0 Å². The minimum Gasteiger partial charge on any atom is -0.505 e. The zero-order valence-electron chi connectivity index (χ0n) is 16.4. The molecule has 3 aliphatic rings. The fraction of sp³-hybridized carbons (Fsp3) is 0.455. The van der Waals surface area contributed by atoms with E-state index in [1.807, 2.05) is 16.4 Å². The van der Waals surface area contributed by atoms with Crippen LogP contribution >= 0.6 is 0 Å². The molecular formula is C22H24FN3O3. The van der Waals surface area contributed by atoms with Gasteiger partial charge >= 0.3 is 0 Å². The Bertz CT molecular complexity index is 994. The molecule has 152 valence electrons. The van der Waals surface area contributed by atoms with Crippen LogP contribution in [-0.4, -0.2) is 50.4 Å². The van der Waals surface area contributed by atoms with E-state index in [1.54, 1.807) is 17.0 Å². The third kappa shape index (κ3) is 2.99. The quantitative estimate of drug-likeness (QED) is 0.863. The Balaban J connectivity index is 1.46. The number of hydrogen-bond donors (Lipinski definition) is 1. The summed E-state index contributed by atoms with van der Waals surface area (Å²) < 4.78 is 15.0.